The Bertz CT molecular complexity index is 1070. The van der Waals surface area contributed by atoms with Gasteiger partial charge in [-0.15, -0.1) is 0 Å². The zero-order chi connectivity index (χ0) is 21.4. The molecular weight excluding hydrogens is 386 g/mol. The molecule has 2 atom stereocenters. The van der Waals surface area contributed by atoms with Crippen molar-refractivity contribution in [1.82, 2.24) is 4.90 Å². The molecule has 2 unspecified atom stereocenters. The molecule has 4 bridgehead atoms. The lowest BCUT2D eigenvalue weighted by Gasteiger charge is -2.62. The first kappa shape index (κ1) is 19.0. The Balaban J connectivity index is 1.31. The summed E-state index contributed by atoms with van der Waals surface area (Å²) in [6, 6.07) is 15.8. The van der Waals surface area contributed by atoms with E-state index in [2.05, 4.69) is 31.2 Å². The number of ketones is 1. The fourth-order valence-corrected chi connectivity index (χ4v) is 7.53. The molecule has 0 spiro atoms. The monoisotopic (exact) mass is 413 g/mol. The van der Waals surface area contributed by atoms with Gasteiger partial charge in [-0.05, 0) is 80.4 Å². The Morgan fingerprint density at radius 3 is 2.06 bits per heavy atom. The molecule has 4 saturated carbocycles. The molecule has 0 N–H and O–H groups in total. The second kappa shape index (κ2) is 6.38. The molecular formula is C27H27NO3. The van der Waals surface area contributed by atoms with Crippen LogP contribution in [0.2, 0.25) is 0 Å². The SMILES string of the molecule is Cc1ccc(C23CC4CC(CC(C(=O)CN5C(=O)c6ccccc6C5=O)(C4)C2)C3)cc1. The zero-order valence-electron chi connectivity index (χ0n) is 17.9. The molecule has 2 amide bonds. The smallest absolute Gasteiger partial charge is 0.261 e. The highest BCUT2D eigenvalue weighted by molar-refractivity contribution is 6.22. The lowest BCUT2D eigenvalue weighted by Crippen LogP contribution is -2.58. The third kappa shape index (κ3) is 2.70. The maximum atomic E-state index is 13.8. The molecule has 5 aliphatic rings. The highest BCUT2D eigenvalue weighted by Gasteiger charge is 2.61. The molecule has 0 radical (unpaired) electrons. The standard InChI is InChI=1S/C27H27NO3/c1-17-6-8-20(9-7-17)26-11-18-10-19(12-26)14-27(13-18,16-26)23(29)15-28-24(30)21-4-2-3-5-22(21)25(28)31/h2-9,18-19H,10-16H2,1H3. The number of carbonyl (C=O) groups excluding carboxylic acids is 3. The van der Waals surface area contributed by atoms with Gasteiger partial charge < -0.3 is 0 Å². The predicted octanol–water partition coefficient (Wildman–Crippen LogP) is 4.70. The van der Waals surface area contributed by atoms with E-state index in [0.29, 0.717) is 23.0 Å². The van der Waals surface area contributed by atoms with E-state index < -0.39 is 5.41 Å². The Hall–Kier alpha value is -2.75. The van der Waals surface area contributed by atoms with Crippen LogP contribution in [0.3, 0.4) is 0 Å². The summed E-state index contributed by atoms with van der Waals surface area (Å²) < 4.78 is 0. The minimum Gasteiger partial charge on any atom is -0.297 e. The van der Waals surface area contributed by atoms with E-state index in [1.54, 1.807) is 24.3 Å². The van der Waals surface area contributed by atoms with Gasteiger partial charge in [0, 0.05) is 5.41 Å². The molecule has 0 saturated heterocycles. The lowest BCUT2D eigenvalue weighted by atomic mass is 9.42. The first-order valence-corrected chi connectivity index (χ1v) is 11.4. The molecule has 7 rings (SSSR count). The van der Waals surface area contributed by atoms with Gasteiger partial charge in [0.1, 0.15) is 0 Å². The molecule has 2 aromatic rings. The highest BCUT2D eigenvalue weighted by Crippen LogP contribution is 2.66. The molecule has 4 fully saturated rings. The summed E-state index contributed by atoms with van der Waals surface area (Å²) >= 11 is 0. The topological polar surface area (TPSA) is 54.5 Å². The minimum absolute atomic E-state index is 0.0649. The van der Waals surface area contributed by atoms with E-state index in [1.165, 1.54) is 22.4 Å². The summed E-state index contributed by atoms with van der Waals surface area (Å²) in [6.45, 7) is 2.02. The van der Waals surface area contributed by atoms with Crippen molar-refractivity contribution in [3.05, 3.63) is 70.8 Å². The van der Waals surface area contributed by atoms with Crippen LogP contribution in [0, 0.1) is 24.2 Å². The van der Waals surface area contributed by atoms with Gasteiger partial charge in [0.15, 0.2) is 5.78 Å². The van der Waals surface area contributed by atoms with Crippen molar-refractivity contribution in [2.24, 2.45) is 17.3 Å². The summed E-state index contributed by atoms with van der Waals surface area (Å²) in [5.74, 6) is 0.564. The van der Waals surface area contributed by atoms with Crippen molar-refractivity contribution >= 4 is 17.6 Å². The number of hydrogen-bond donors (Lipinski definition) is 0. The maximum absolute atomic E-state index is 13.8. The van der Waals surface area contributed by atoms with E-state index in [9.17, 15) is 14.4 Å². The number of fused-ring (bicyclic) bond motifs is 1. The van der Waals surface area contributed by atoms with E-state index in [0.717, 1.165) is 32.1 Å². The molecule has 0 aromatic heterocycles. The van der Waals surface area contributed by atoms with Crippen molar-refractivity contribution < 1.29 is 14.4 Å². The van der Waals surface area contributed by atoms with Crippen LogP contribution in [0.15, 0.2) is 48.5 Å². The fourth-order valence-electron chi connectivity index (χ4n) is 7.53. The van der Waals surface area contributed by atoms with Crippen LogP contribution in [0.4, 0.5) is 0 Å². The average Bonchev–Trinajstić information content (AvgIpc) is 2.98. The van der Waals surface area contributed by atoms with E-state index in [1.807, 2.05) is 0 Å². The number of rotatable bonds is 4. The van der Waals surface area contributed by atoms with Crippen molar-refractivity contribution in [2.75, 3.05) is 6.54 Å². The zero-order valence-corrected chi connectivity index (χ0v) is 17.9. The third-order valence-electron chi connectivity index (χ3n) is 8.50. The van der Waals surface area contributed by atoms with Gasteiger partial charge in [0.25, 0.3) is 11.8 Å². The van der Waals surface area contributed by atoms with Crippen LogP contribution in [-0.4, -0.2) is 29.0 Å². The van der Waals surface area contributed by atoms with Crippen LogP contribution in [-0.2, 0) is 10.2 Å². The van der Waals surface area contributed by atoms with Gasteiger partial charge in [0.2, 0.25) is 0 Å². The fraction of sp³-hybridized carbons (Fsp3) is 0.444. The molecule has 2 aromatic carbocycles. The molecule has 4 aliphatic carbocycles. The van der Waals surface area contributed by atoms with Gasteiger partial charge in [0.05, 0.1) is 17.7 Å². The molecule has 31 heavy (non-hydrogen) atoms. The Morgan fingerprint density at radius 2 is 1.48 bits per heavy atom. The van der Waals surface area contributed by atoms with Crippen LogP contribution < -0.4 is 0 Å². The molecule has 4 heteroatoms. The summed E-state index contributed by atoms with van der Waals surface area (Å²) in [5, 5.41) is 0. The summed E-state index contributed by atoms with van der Waals surface area (Å²) in [6.07, 6.45) is 6.23. The Morgan fingerprint density at radius 1 is 0.903 bits per heavy atom. The Labute approximate surface area is 182 Å². The van der Waals surface area contributed by atoms with Crippen molar-refractivity contribution in [3.63, 3.8) is 0 Å². The lowest BCUT2D eigenvalue weighted by molar-refractivity contribution is -0.147. The maximum Gasteiger partial charge on any atom is 0.261 e. The van der Waals surface area contributed by atoms with E-state index >= 15 is 0 Å². The minimum atomic E-state index is -0.399. The third-order valence-corrected chi connectivity index (χ3v) is 8.50. The number of imide groups is 1. The number of nitrogens with zero attached hydrogens (tertiary/aromatic N) is 1. The number of Topliss-reactive ketones (excluding diaryl/α,β-unsaturated/α-hetero) is 1. The molecule has 4 nitrogen and oxygen atoms in total. The van der Waals surface area contributed by atoms with Crippen LogP contribution in [0.25, 0.3) is 0 Å². The predicted molar refractivity (Wildman–Crippen MR) is 117 cm³/mol. The second-order valence-corrected chi connectivity index (χ2v) is 10.6. The normalized spacial score (nSPS) is 33.1. The number of hydrogen-bond acceptors (Lipinski definition) is 3. The number of amides is 2. The largest absolute Gasteiger partial charge is 0.297 e. The van der Waals surface area contributed by atoms with Gasteiger partial charge in [-0.25, -0.2) is 0 Å². The summed E-state index contributed by atoms with van der Waals surface area (Å²) in [7, 11) is 0. The first-order valence-electron chi connectivity index (χ1n) is 11.4. The van der Waals surface area contributed by atoms with Gasteiger partial charge in [-0.2, -0.15) is 0 Å². The van der Waals surface area contributed by atoms with Gasteiger partial charge in [-0.3, -0.25) is 19.3 Å². The van der Waals surface area contributed by atoms with Crippen molar-refractivity contribution in [3.8, 4) is 0 Å². The van der Waals surface area contributed by atoms with Crippen molar-refractivity contribution in [1.29, 1.82) is 0 Å². The van der Waals surface area contributed by atoms with Crippen molar-refractivity contribution in [2.45, 2.75) is 50.9 Å². The molecule has 1 aliphatic heterocycles. The van der Waals surface area contributed by atoms with E-state index in [4.69, 9.17) is 0 Å². The highest BCUT2D eigenvalue weighted by atomic mass is 16.2. The second-order valence-electron chi connectivity index (χ2n) is 10.6. The van der Waals surface area contributed by atoms with E-state index in [-0.39, 0.29) is 29.6 Å². The first-order chi connectivity index (χ1) is 14.9. The van der Waals surface area contributed by atoms with Gasteiger partial charge >= 0.3 is 0 Å². The number of aryl methyl sites for hydroxylation is 1. The average molecular weight is 414 g/mol. The molecule has 1 heterocycles. The summed E-state index contributed by atoms with van der Waals surface area (Å²) in [5.41, 5.74) is 3.12. The quantitative estimate of drug-likeness (QED) is 0.683. The van der Waals surface area contributed by atoms with Gasteiger partial charge in [-0.1, -0.05) is 42.0 Å². The summed E-state index contributed by atoms with van der Waals surface area (Å²) in [4.78, 5) is 40.6. The van der Waals surface area contributed by atoms with Crippen LogP contribution >= 0.6 is 0 Å². The molecule has 158 valence electrons. The van der Waals surface area contributed by atoms with Crippen LogP contribution in [0.1, 0.15) is 70.4 Å². The number of carbonyl (C=O) groups is 3. The number of benzene rings is 2. The van der Waals surface area contributed by atoms with Crippen LogP contribution in [0.5, 0.6) is 0 Å². The Kier molecular flexibility index (Phi) is 3.91.